The smallest absolute Gasteiger partial charge is 0.410 e. The Morgan fingerprint density at radius 3 is 2.57 bits per heavy atom. The number of imidazole rings is 1. The summed E-state index contributed by atoms with van der Waals surface area (Å²) < 4.78 is 26.6. The van der Waals surface area contributed by atoms with Crippen LogP contribution in [0, 0.1) is 5.82 Å². The number of likely N-dealkylation sites (tertiary alicyclic amines) is 1. The van der Waals surface area contributed by atoms with Crippen molar-refractivity contribution in [1.82, 2.24) is 19.3 Å². The van der Waals surface area contributed by atoms with E-state index in [1.807, 2.05) is 55.6 Å². The number of benzene rings is 2. The van der Waals surface area contributed by atoms with E-state index < -0.39 is 5.60 Å². The lowest BCUT2D eigenvalue weighted by molar-refractivity contribution is 0.0218. The molecule has 0 saturated carbocycles. The first-order valence-electron chi connectivity index (χ1n) is 12.3. The zero-order valence-corrected chi connectivity index (χ0v) is 21.1. The fourth-order valence-electron chi connectivity index (χ4n) is 4.55. The molecular weight excluding hydrogens is 473 g/mol. The van der Waals surface area contributed by atoms with Gasteiger partial charge in [-0.05, 0) is 75.6 Å². The summed E-state index contributed by atoms with van der Waals surface area (Å²) in [4.78, 5) is 23.9. The van der Waals surface area contributed by atoms with Gasteiger partial charge in [0, 0.05) is 24.5 Å². The van der Waals surface area contributed by atoms with Crippen molar-refractivity contribution in [1.29, 1.82) is 0 Å². The fourth-order valence-corrected chi connectivity index (χ4v) is 4.55. The number of amides is 1. The molecule has 192 valence electrons. The lowest BCUT2D eigenvalue weighted by atomic mass is 10.1. The molecule has 2 N–H and O–H groups in total. The summed E-state index contributed by atoms with van der Waals surface area (Å²) in [6.07, 6.45) is 4.74. The quantitative estimate of drug-likeness (QED) is 0.372. The molecule has 1 amide bonds. The lowest BCUT2D eigenvalue weighted by Crippen LogP contribution is -2.36. The van der Waals surface area contributed by atoms with E-state index in [1.54, 1.807) is 23.2 Å². The number of nitrogens with two attached hydrogens (primary N) is 1. The second-order valence-electron chi connectivity index (χ2n) is 10.1. The van der Waals surface area contributed by atoms with E-state index in [9.17, 15) is 9.18 Å². The predicted octanol–water partition coefficient (Wildman–Crippen LogP) is 5.77. The largest absolute Gasteiger partial charge is 0.489 e. The molecule has 1 aliphatic rings. The van der Waals surface area contributed by atoms with Gasteiger partial charge >= 0.3 is 6.09 Å². The standard InChI is InChI=1S/C28H30FN5O3/c1-28(2,3)37-27(35)33-15-4-5-22(33)26-32-23(24-25(30)31-14-16-34(24)26)19-8-12-21(13-9-19)36-17-18-6-10-20(29)11-7-18/h6-14,16,22H,4-5,15,17H2,1-3H3,(H2,30,31)/t22-/m0/s1. The Morgan fingerprint density at radius 2 is 1.86 bits per heavy atom. The Morgan fingerprint density at radius 1 is 1.14 bits per heavy atom. The summed E-state index contributed by atoms with van der Waals surface area (Å²) in [5.74, 6) is 1.48. The molecule has 8 nitrogen and oxygen atoms in total. The molecule has 0 spiro atoms. The first-order chi connectivity index (χ1) is 17.7. The first kappa shape index (κ1) is 24.5. The van der Waals surface area contributed by atoms with Crippen LogP contribution in [0.15, 0.2) is 60.9 Å². The van der Waals surface area contributed by atoms with Crippen LogP contribution in [-0.2, 0) is 11.3 Å². The minimum atomic E-state index is -0.584. The average Bonchev–Trinajstić information content (AvgIpc) is 3.49. The molecule has 2 aromatic heterocycles. The molecule has 1 fully saturated rings. The van der Waals surface area contributed by atoms with Gasteiger partial charge in [0.15, 0.2) is 0 Å². The van der Waals surface area contributed by atoms with E-state index in [4.69, 9.17) is 20.2 Å². The van der Waals surface area contributed by atoms with Crippen LogP contribution < -0.4 is 10.5 Å². The number of anilines is 1. The highest BCUT2D eigenvalue weighted by Crippen LogP contribution is 2.37. The van der Waals surface area contributed by atoms with Crippen LogP contribution in [0.3, 0.4) is 0 Å². The van der Waals surface area contributed by atoms with Gasteiger partial charge in [0.2, 0.25) is 0 Å². The van der Waals surface area contributed by atoms with Gasteiger partial charge in [-0.2, -0.15) is 0 Å². The van der Waals surface area contributed by atoms with Crippen LogP contribution in [-0.4, -0.2) is 37.5 Å². The summed E-state index contributed by atoms with van der Waals surface area (Å²) in [6, 6.07) is 13.5. The minimum absolute atomic E-state index is 0.240. The fraction of sp³-hybridized carbons (Fsp3) is 0.321. The van der Waals surface area contributed by atoms with E-state index in [0.717, 1.165) is 29.8 Å². The van der Waals surface area contributed by atoms with Gasteiger partial charge in [0.1, 0.15) is 46.6 Å². The second-order valence-corrected chi connectivity index (χ2v) is 10.1. The monoisotopic (exact) mass is 503 g/mol. The molecule has 1 atom stereocenters. The topological polar surface area (TPSA) is 95.0 Å². The summed E-state index contributed by atoms with van der Waals surface area (Å²) in [5.41, 5.74) is 8.82. The van der Waals surface area contributed by atoms with E-state index in [0.29, 0.717) is 35.9 Å². The van der Waals surface area contributed by atoms with E-state index in [-0.39, 0.29) is 18.0 Å². The predicted molar refractivity (Wildman–Crippen MR) is 138 cm³/mol. The Labute approximate surface area is 214 Å². The van der Waals surface area contributed by atoms with Crippen molar-refractivity contribution in [3.63, 3.8) is 0 Å². The molecule has 0 aliphatic carbocycles. The molecular formula is C28H30FN5O3. The van der Waals surface area contributed by atoms with Crippen molar-refractivity contribution in [3.8, 4) is 17.0 Å². The third kappa shape index (κ3) is 5.21. The highest BCUT2D eigenvalue weighted by Gasteiger charge is 2.36. The number of halogens is 1. The van der Waals surface area contributed by atoms with Crippen LogP contribution >= 0.6 is 0 Å². The van der Waals surface area contributed by atoms with Crippen LogP contribution in [0.1, 0.15) is 51.0 Å². The molecule has 1 saturated heterocycles. The van der Waals surface area contributed by atoms with Gasteiger partial charge in [-0.25, -0.2) is 19.2 Å². The normalized spacial score (nSPS) is 15.8. The summed E-state index contributed by atoms with van der Waals surface area (Å²) in [5, 5.41) is 0. The van der Waals surface area contributed by atoms with Gasteiger partial charge in [0.25, 0.3) is 0 Å². The molecule has 0 bridgehead atoms. The highest BCUT2D eigenvalue weighted by atomic mass is 19.1. The second kappa shape index (κ2) is 9.72. The minimum Gasteiger partial charge on any atom is -0.489 e. The number of rotatable bonds is 5. The molecule has 9 heteroatoms. The number of nitrogen functional groups attached to an aromatic ring is 1. The Bertz CT molecular complexity index is 1410. The lowest BCUT2D eigenvalue weighted by Gasteiger charge is -2.28. The Balaban J connectivity index is 1.44. The molecule has 4 aromatic rings. The molecule has 1 aliphatic heterocycles. The van der Waals surface area contributed by atoms with Gasteiger partial charge in [-0.3, -0.25) is 9.30 Å². The highest BCUT2D eigenvalue weighted by molar-refractivity contribution is 5.85. The van der Waals surface area contributed by atoms with Crippen LogP contribution in [0.5, 0.6) is 5.75 Å². The van der Waals surface area contributed by atoms with Crippen molar-refractivity contribution in [2.45, 2.75) is 51.9 Å². The zero-order valence-electron chi connectivity index (χ0n) is 21.1. The maximum absolute atomic E-state index is 13.1. The van der Waals surface area contributed by atoms with Gasteiger partial charge < -0.3 is 15.2 Å². The van der Waals surface area contributed by atoms with Crippen molar-refractivity contribution in [3.05, 3.63) is 78.1 Å². The number of carbonyl (C=O) groups excluding carboxylic acids is 1. The number of fused-ring (bicyclic) bond motifs is 1. The van der Waals surface area contributed by atoms with E-state index >= 15 is 0 Å². The third-order valence-electron chi connectivity index (χ3n) is 6.24. The van der Waals surface area contributed by atoms with E-state index in [1.165, 1.54) is 12.1 Å². The average molecular weight is 504 g/mol. The van der Waals surface area contributed by atoms with Gasteiger partial charge in [-0.15, -0.1) is 0 Å². The SMILES string of the molecule is CC(C)(C)OC(=O)N1CCC[C@H]1c1nc(-c2ccc(OCc3ccc(F)cc3)cc2)c2c(N)nccn12. The molecule has 37 heavy (non-hydrogen) atoms. The molecule has 2 aromatic carbocycles. The Kier molecular flexibility index (Phi) is 6.45. The van der Waals surface area contributed by atoms with Crippen LogP contribution in [0.4, 0.5) is 15.0 Å². The summed E-state index contributed by atoms with van der Waals surface area (Å²) in [7, 11) is 0. The van der Waals surface area contributed by atoms with Crippen molar-refractivity contribution < 1.29 is 18.7 Å². The summed E-state index contributed by atoms with van der Waals surface area (Å²) in [6.45, 7) is 6.51. The van der Waals surface area contributed by atoms with E-state index in [2.05, 4.69) is 4.98 Å². The van der Waals surface area contributed by atoms with Crippen molar-refractivity contribution in [2.24, 2.45) is 0 Å². The first-order valence-corrected chi connectivity index (χ1v) is 12.3. The Hall–Kier alpha value is -4.14. The van der Waals surface area contributed by atoms with Crippen molar-refractivity contribution in [2.75, 3.05) is 12.3 Å². The molecule has 5 rings (SSSR count). The maximum atomic E-state index is 13.1. The molecule has 0 unspecified atom stereocenters. The van der Waals surface area contributed by atoms with Crippen LogP contribution in [0.25, 0.3) is 16.8 Å². The van der Waals surface area contributed by atoms with Gasteiger partial charge in [0.05, 0.1) is 6.04 Å². The number of hydrogen-bond donors (Lipinski definition) is 1. The maximum Gasteiger partial charge on any atom is 0.410 e. The third-order valence-corrected chi connectivity index (χ3v) is 6.24. The molecule has 3 heterocycles. The number of nitrogens with zero attached hydrogens (tertiary/aromatic N) is 4. The number of carbonyl (C=O) groups is 1. The number of aromatic nitrogens is 3. The number of hydrogen-bond acceptors (Lipinski definition) is 6. The summed E-state index contributed by atoms with van der Waals surface area (Å²) >= 11 is 0. The zero-order chi connectivity index (χ0) is 26.2. The van der Waals surface area contributed by atoms with Gasteiger partial charge in [-0.1, -0.05) is 12.1 Å². The van der Waals surface area contributed by atoms with Crippen LogP contribution in [0.2, 0.25) is 0 Å². The van der Waals surface area contributed by atoms with Crippen molar-refractivity contribution >= 4 is 17.4 Å². The molecule has 0 radical (unpaired) electrons. The number of ether oxygens (including phenoxy) is 2.